The lowest BCUT2D eigenvalue weighted by atomic mass is 9.93. The molecule has 1 aliphatic carbocycles. The number of sulfonamides is 1. The highest BCUT2D eigenvalue weighted by Crippen LogP contribution is 2.32. The molecule has 2 aromatic rings. The number of benzene rings is 1. The molecule has 12 heteroatoms. The van der Waals surface area contributed by atoms with Gasteiger partial charge in [0.2, 0.25) is 10.0 Å². The van der Waals surface area contributed by atoms with Gasteiger partial charge in [0.25, 0.3) is 0 Å². The van der Waals surface area contributed by atoms with Crippen LogP contribution in [-0.4, -0.2) is 49.4 Å². The van der Waals surface area contributed by atoms with E-state index in [9.17, 15) is 18.0 Å². The Morgan fingerprint density at radius 3 is 2.16 bits per heavy atom. The van der Waals surface area contributed by atoms with Crippen LogP contribution in [0.5, 0.6) is 0 Å². The van der Waals surface area contributed by atoms with Crippen molar-refractivity contribution in [1.82, 2.24) is 15.0 Å². The van der Waals surface area contributed by atoms with E-state index in [1.807, 2.05) is 13.8 Å². The summed E-state index contributed by atoms with van der Waals surface area (Å²) < 4.78 is 38.4. The van der Waals surface area contributed by atoms with Gasteiger partial charge in [-0.05, 0) is 79.9 Å². The summed E-state index contributed by atoms with van der Waals surface area (Å²) in [6.07, 6.45) is 3.83. The molecule has 37 heavy (non-hydrogen) atoms. The van der Waals surface area contributed by atoms with Gasteiger partial charge in [-0.2, -0.15) is 0 Å². The molecule has 1 saturated carbocycles. The molecule has 206 valence electrons. The lowest BCUT2D eigenvalue weighted by molar-refractivity contribution is 0.107. The predicted octanol–water partition coefficient (Wildman–Crippen LogP) is 5.52. The topological polar surface area (TPSA) is 136 Å². The van der Waals surface area contributed by atoms with Crippen LogP contribution in [0.1, 0.15) is 67.7 Å². The van der Waals surface area contributed by atoms with Crippen molar-refractivity contribution in [2.45, 2.75) is 96.4 Å². The Bertz CT molecular complexity index is 1140. The number of rotatable bonds is 7. The number of hydrogen-bond donors (Lipinski definition) is 3. The normalized spacial score (nSPS) is 13.9. The van der Waals surface area contributed by atoms with Crippen LogP contribution < -0.4 is 15.4 Å². The first-order valence-electron chi connectivity index (χ1n) is 12.2. The smallest absolute Gasteiger partial charge is 0.411 e. The van der Waals surface area contributed by atoms with Gasteiger partial charge < -0.3 is 14.8 Å². The van der Waals surface area contributed by atoms with Crippen LogP contribution in [0.2, 0.25) is 0 Å². The number of hydrogen-bond acceptors (Lipinski definition) is 8. The van der Waals surface area contributed by atoms with Crippen LogP contribution in [-0.2, 0) is 19.5 Å². The molecule has 0 aliphatic heterocycles. The lowest BCUT2D eigenvalue weighted by Crippen LogP contribution is -2.40. The van der Waals surface area contributed by atoms with Crippen LogP contribution in [0, 0.1) is 0 Å². The summed E-state index contributed by atoms with van der Waals surface area (Å²) in [4.78, 5) is 27.5. The van der Waals surface area contributed by atoms with Crippen LogP contribution >= 0.6 is 11.3 Å². The third-order valence-electron chi connectivity index (χ3n) is 4.77. The van der Waals surface area contributed by atoms with E-state index in [4.69, 9.17) is 9.47 Å². The summed E-state index contributed by atoms with van der Waals surface area (Å²) >= 11 is 1.34. The van der Waals surface area contributed by atoms with Crippen molar-refractivity contribution in [2.24, 2.45) is 0 Å². The molecule has 0 radical (unpaired) electrons. The number of thiazole rings is 1. The molecule has 1 aliphatic rings. The number of carbonyl (C=O) groups excluding carboxylic acids is 2. The Balaban J connectivity index is 0.000000364. The Morgan fingerprint density at radius 1 is 1.05 bits per heavy atom. The highest BCUT2D eigenvalue weighted by atomic mass is 32.2. The van der Waals surface area contributed by atoms with E-state index in [2.05, 4.69) is 20.3 Å². The number of ether oxygens (including phenoxy) is 2. The number of nitrogens with zero attached hydrogens (tertiary/aromatic N) is 1. The SMILES string of the molecule is CC(C)OC(=O)NC1CCC1.CC(C)OC(=O)Nc1ccc(-c2cncs2)c(S(=O)(=O)NC(C)(C)C)c1. The molecule has 3 N–H and O–H groups in total. The number of nitrogens with one attached hydrogen (secondary N) is 3. The summed E-state index contributed by atoms with van der Waals surface area (Å²) in [7, 11) is -3.82. The fourth-order valence-electron chi connectivity index (χ4n) is 3.16. The van der Waals surface area contributed by atoms with Gasteiger partial charge in [0.05, 0.1) is 27.5 Å². The Morgan fingerprint density at radius 2 is 1.68 bits per heavy atom. The van der Waals surface area contributed by atoms with Crippen molar-refractivity contribution in [2.75, 3.05) is 5.32 Å². The first-order valence-corrected chi connectivity index (χ1v) is 14.5. The van der Waals surface area contributed by atoms with Crippen LogP contribution in [0.15, 0.2) is 34.8 Å². The van der Waals surface area contributed by atoms with Crippen molar-refractivity contribution in [3.63, 3.8) is 0 Å². The molecule has 1 aromatic heterocycles. The zero-order valence-corrected chi connectivity index (χ0v) is 24.1. The van der Waals surface area contributed by atoms with Crippen molar-refractivity contribution < 1.29 is 27.5 Å². The van der Waals surface area contributed by atoms with Gasteiger partial charge in [0.15, 0.2) is 0 Å². The Labute approximate surface area is 223 Å². The largest absolute Gasteiger partial charge is 0.447 e. The third-order valence-corrected chi connectivity index (χ3v) is 7.37. The molecule has 0 bridgehead atoms. The van der Waals surface area contributed by atoms with Crippen molar-refractivity contribution in [3.05, 3.63) is 29.9 Å². The molecule has 0 spiro atoms. The van der Waals surface area contributed by atoms with Crippen LogP contribution in [0.4, 0.5) is 15.3 Å². The Hall–Kier alpha value is -2.70. The third kappa shape index (κ3) is 10.7. The monoisotopic (exact) mass is 554 g/mol. The summed E-state index contributed by atoms with van der Waals surface area (Å²) in [5.41, 5.74) is 1.84. The average Bonchev–Trinajstić information content (AvgIpc) is 3.23. The van der Waals surface area contributed by atoms with Crippen LogP contribution in [0.25, 0.3) is 10.4 Å². The molecule has 10 nitrogen and oxygen atoms in total. The van der Waals surface area contributed by atoms with E-state index in [1.165, 1.54) is 23.8 Å². The number of amides is 2. The minimum Gasteiger partial charge on any atom is -0.447 e. The number of aromatic nitrogens is 1. The van der Waals surface area contributed by atoms with E-state index in [0.717, 1.165) is 17.7 Å². The zero-order valence-electron chi connectivity index (χ0n) is 22.5. The summed E-state index contributed by atoms with van der Waals surface area (Å²) in [6, 6.07) is 5.08. The zero-order chi connectivity index (χ0) is 27.8. The molecule has 0 atom stereocenters. The molecular formula is C25H38N4O6S2. The molecule has 1 fully saturated rings. The molecule has 1 aromatic carbocycles. The second-order valence-electron chi connectivity index (χ2n) is 10.2. The first kappa shape index (κ1) is 30.5. The van der Waals surface area contributed by atoms with Gasteiger partial charge in [-0.25, -0.2) is 22.7 Å². The lowest BCUT2D eigenvalue weighted by Gasteiger charge is -2.26. The molecule has 3 rings (SSSR count). The van der Waals surface area contributed by atoms with E-state index >= 15 is 0 Å². The quantitative estimate of drug-likeness (QED) is 0.410. The minimum atomic E-state index is -3.82. The number of carbonyl (C=O) groups is 2. The maximum atomic E-state index is 12.9. The fourth-order valence-corrected chi connectivity index (χ4v) is 5.55. The van der Waals surface area contributed by atoms with E-state index < -0.39 is 21.7 Å². The maximum Gasteiger partial charge on any atom is 0.411 e. The average molecular weight is 555 g/mol. The van der Waals surface area contributed by atoms with Gasteiger partial charge in [0, 0.05) is 29.0 Å². The van der Waals surface area contributed by atoms with Gasteiger partial charge in [-0.3, -0.25) is 10.3 Å². The molecule has 1 heterocycles. The second-order valence-corrected chi connectivity index (χ2v) is 12.8. The van der Waals surface area contributed by atoms with Crippen molar-refractivity contribution in [3.8, 4) is 10.4 Å². The van der Waals surface area contributed by atoms with Gasteiger partial charge >= 0.3 is 12.2 Å². The fraction of sp³-hybridized carbons (Fsp3) is 0.560. The standard InChI is InChI=1S/C17H23N3O4S2.C8H15NO2/c1-11(2)24-16(21)19-12-6-7-13(14-9-18-10-25-14)15(8-12)26(22,23)20-17(3,4)5;1-6(2)11-8(10)9-7-4-3-5-7/h6-11,20H,1-5H3,(H,19,21);6-7H,3-5H2,1-2H3,(H,9,10). The first-order chi connectivity index (χ1) is 17.2. The van der Waals surface area contributed by atoms with E-state index in [1.54, 1.807) is 58.5 Å². The van der Waals surface area contributed by atoms with Crippen molar-refractivity contribution >= 4 is 39.2 Å². The summed E-state index contributed by atoms with van der Waals surface area (Å²) in [6.45, 7) is 12.4. The molecule has 0 saturated heterocycles. The van der Waals surface area contributed by atoms with E-state index in [-0.39, 0.29) is 23.2 Å². The van der Waals surface area contributed by atoms with Crippen molar-refractivity contribution in [1.29, 1.82) is 0 Å². The number of anilines is 1. The minimum absolute atomic E-state index is 0.0184. The van der Waals surface area contributed by atoms with Gasteiger partial charge in [-0.15, -0.1) is 11.3 Å². The second kappa shape index (κ2) is 13.2. The molecular weight excluding hydrogens is 516 g/mol. The molecule has 2 amide bonds. The Kier molecular flexibility index (Phi) is 10.9. The highest BCUT2D eigenvalue weighted by Gasteiger charge is 2.26. The van der Waals surface area contributed by atoms with Gasteiger partial charge in [-0.1, -0.05) is 6.07 Å². The maximum absolute atomic E-state index is 12.9. The summed E-state index contributed by atoms with van der Waals surface area (Å²) in [5.74, 6) is 0. The van der Waals surface area contributed by atoms with E-state index in [0.29, 0.717) is 17.3 Å². The molecule has 0 unspecified atom stereocenters. The van der Waals surface area contributed by atoms with Gasteiger partial charge in [0.1, 0.15) is 0 Å². The van der Waals surface area contributed by atoms with Crippen LogP contribution in [0.3, 0.4) is 0 Å². The predicted molar refractivity (Wildman–Crippen MR) is 145 cm³/mol. The number of alkyl carbamates (subject to hydrolysis) is 1. The highest BCUT2D eigenvalue weighted by molar-refractivity contribution is 7.89. The summed E-state index contributed by atoms with van der Waals surface area (Å²) in [5, 5.41) is 5.34.